The average Bonchev–Trinajstić information content (AvgIpc) is 2.66. The molecule has 2 aromatic carbocycles. The average molecular weight is 339 g/mol. The van der Waals surface area contributed by atoms with Gasteiger partial charge in [0.25, 0.3) is 0 Å². The molecular formula is C19H21NO3Si. The number of aromatic nitrogens is 1. The van der Waals surface area contributed by atoms with E-state index in [1.807, 2.05) is 30.5 Å². The third-order valence-corrected chi connectivity index (χ3v) is 6.72. The van der Waals surface area contributed by atoms with Crippen LogP contribution in [0.25, 0.3) is 10.8 Å². The van der Waals surface area contributed by atoms with E-state index in [0.29, 0.717) is 12.7 Å². The highest BCUT2D eigenvalue weighted by Crippen LogP contribution is 2.20. The molecule has 0 N–H and O–H groups in total. The van der Waals surface area contributed by atoms with Crippen molar-refractivity contribution in [1.29, 1.82) is 0 Å². The molecular weight excluding hydrogens is 318 g/mol. The van der Waals surface area contributed by atoms with Crippen molar-refractivity contribution >= 4 is 19.6 Å². The van der Waals surface area contributed by atoms with E-state index in [-0.39, 0.29) is 0 Å². The van der Waals surface area contributed by atoms with Crippen molar-refractivity contribution in [3.05, 3.63) is 78.1 Å². The van der Waals surface area contributed by atoms with Gasteiger partial charge in [0.2, 0.25) is 0 Å². The SMILES string of the molecule is CO[Si](Cc1ccccc1)(OC)OCc1ccc2cnccc2c1. The Morgan fingerprint density at radius 3 is 2.42 bits per heavy atom. The first-order chi connectivity index (χ1) is 11.7. The molecule has 0 fully saturated rings. The Balaban J connectivity index is 1.75. The van der Waals surface area contributed by atoms with Crippen molar-refractivity contribution in [3.63, 3.8) is 0 Å². The highest BCUT2D eigenvalue weighted by molar-refractivity contribution is 6.60. The van der Waals surface area contributed by atoms with Crippen molar-refractivity contribution in [2.75, 3.05) is 14.2 Å². The summed E-state index contributed by atoms with van der Waals surface area (Å²) in [6.07, 6.45) is 3.66. The number of benzene rings is 2. The van der Waals surface area contributed by atoms with Crippen molar-refractivity contribution < 1.29 is 13.3 Å². The van der Waals surface area contributed by atoms with Crippen LogP contribution in [0, 0.1) is 0 Å². The second kappa shape index (κ2) is 7.68. The van der Waals surface area contributed by atoms with Crippen LogP contribution in [0.15, 0.2) is 67.0 Å². The zero-order chi connectivity index (χ0) is 16.8. The lowest BCUT2D eigenvalue weighted by Gasteiger charge is -2.26. The fourth-order valence-corrected chi connectivity index (χ4v) is 4.57. The predicted molar refractivity (Wildman–Crippen MR) is 96.5 cm³/mol. The van der Waals surface area contributed by atoms with Crippen LogP contribution in [0.1, 0.15) is 11.1 Å². The molecule has 1 aromatic heterocycles. The molecule has 0 saturated carbocycles. The third-order valence-electron chi connectivity index (χ3n) is 4.05. The topological polar surface area (TPSA) is 40.6 Å². The summed E-state index contributed by atoms with van der Waals surface area (Å²) < 4.78 is 17.5. The Bertz CT molecular complexity index is 791. The number of fused-ring (bicyclic) bond motifs is 1. The van der Waals surface area contributed by atoms with Crippen LogP contribution >= 0.6 is 0 Å². The lowest BCUT2D eigenvalue weighted by Crippen LogP contribution is -2.46. The minimum atomic E-state index is -2.75. The minimum Gasteiger partial charge on any atom is -0.377 e. The largest absolute Gasteiger partial charge is 0.505 e. The standard InChI is InChI=1S/C19H21NO3Si/c1-21-24(22-2,15-16-6-4-3-5-7-16)23-14-17-8-9-19-13-20-11-10-18(19)12-17/h3-13H,14-15H2,1-2H3. The zero-order valence-electron chi connectivity index (χ0n) is 13.9. The molecule has 0 saturated heterocycles. The summed E-state index contributed by atoms with van der Waals surface area (Å²) >= 11 is 0. The number of nitrogens with zero attached hydrogens (tertiary/aromatic N) is 1. The molecule has 4 nitrogen and oxygen atoms in total. The summed E-state index contributed by atoms with van der Waals surface area (Å²) in [6, 6.07) is 19.0. The van der Waals surface area contributed by atoms with E-state index in [9.17, 15) is 0 Å². The maximum absolute atomic E-state index is 6.15. The number of rotatable bonds is 7. The van der Waals surface area contributed by atoms with Gasteiger partial charge in [-0.1, -0.05) is 42.5 Å². The second-order valence-electron chi connectivity index (χ2n) is 5.60. The molecule has 0 spiro atoms. The van der Waals surface area contributed by atoms with Crippen LogP contribution in [0.4, 0.5) is 0 Å². The molecule has 0 radical (unpaired) electrons. The summed E-state index contributed by atoms with van der Waals surface area (Å²) in [6.45, 7) is 0.457. The monoisotopic (exact) mass is 339 g/mol. The van der Waals surface area contributed by atoms with Gasteiger partial charge >= 0.3 is 8.80 Å². The first kappa shape index (κ1) is 16.8. The van der Waals surface area contributed by atoms with Crippen LogP contribution in [0.2, 0.25) is 0 Å². The first-order valence-electron chi connectivity index (χ1n) is 7.85. The van der Waals surface area contributed by atoms with Gasteiger partial charge < -0.3 is 13.3 Å². The molecule has 0 amide bonds. The highest BCUT2D eigenvalue weighted by atomic mass is 28.4. The maximum Gasteiger partial charge on any atom is 0.505 e. The number of hydrogen-bond donors (Lipinski definition) is 0. The van der Waals surface area contributed by atoms with Gasteiger partial charge in [0.15, 0.2) is 0 Å². The van der Waals surface area contributed by atoms with Gasteiger partial charge in [-0.15, -0.1) is 0 Å². The lowest BCUT2D eigenvalue weighted by molar-refractivity contribution is 0.0904. The van der Waals surface area contributed by atoms with Gasteiger partial charge in [-0.25, -0.2) is 0 Å². The normalized spacial score (nSPS) is 11.8. The maximum atomic E-state index is 6.15. The van der Waals surface area contributed by atoms with E-state index in [1.165, 1.54) is 0 Å². The van der Waals surface area contributed by atoms with Crippen molar-refractivity contribution in [3.8, 4) is 0 Å². The molecule has 24 heavy (non-hydrogen) atoms. The number of hydrogen-bond acceptors (Lipinski definition) is 4. The minimum absolute atomic E-state index is 0.457. The Labute approximate surface area is 143 Å². The number of pyridine rings is 1. The molecule has 0 aliphatic heterocycles. The Morgan fingerprint density at radius 1 is 0.875 bits per heavy atom. The van der Waals surface area contributed by atoms with Crippen LogP contribution in [0.3, 0.4) is 0 Å². The fraction of sp³-hybridized carbons (Fsp3) is 0.211. The molecule has 3 rings (SSSR count). The van der Waals surface area contributed by atoms with Gasteiger partial charge in [0.1, 0.15) is 0 Å². The molecule has 0 atom stereocenters. The molecule has 124 valence electrons. The zero-order valence-corrected chi connectivity index (χ0v) is 14.9. The third kappa shape index (κ3) is 3.88. The van der Waals surface area contributed by atoms with E-state index < -0.39 is 8.80 Å². The van der Waals surface area contributed by atoms with Gasteiger partial charge in [-0.05, 0) is 28.6 Å². The first-order valence-corrected chi connectivity index (χ1v) is 9.79. The second-order valence-corrected chi connectivity index (χ2v) is 8.42. The summed E-state index contributed by atoms with van der Waals surface area (Å²) in [5.41, 5.74) is 2.24. The van der Waals surface area contributed by atoms with Gasteiger partial charge in [0, 0.05) is 38.0 Å². The van der Waals surface area contributed by atoms with E-state index in [2.05, 4.69) is 35.3 Å². The highest BCUT2D eigenvalue weighted by Gasteiger charge is 2.39. The van der Waals surface area contributed by atoms with Crippen molar-refractivity contribution in [1.82, 2.24) is 4.98 Å². The quantitative estimate of drug-likeness (QED) is 0.615. The molecule has 5 heteroatoms. The molecule has 3 aromatic rings. The molecule has 0 bridgehead atoms. The molecule has 1 heterocycles. The van der Waals surface area contributed by atoms with E-state index in [4.69, 9.17) is 13.3 Å². The molecule has 0 unspecified atom stereocenters. The van der Waals surface area contributed by atoms with Crippen LogP contribution in [-0.2, 0) is 25.9 Å². The predicted octanol–water partition coefficient (Wildman–Crippen LogP) is 3.77. The van der Waals surface area contributed by atoms with Crippen LogP contribution in [-0.4, -0.2) is 28.0 Å². The Morgan fingerprint density at radius 2 is 1.67 bits per heavy atom. The lowest BCUT2D eigenvalue weighted by atomic mass is 10.1. The summed E-state index contributed by atoms with van der Waals surface area (Å²) in [5, 5.41) is 2.27. The fourth-order valence-electron chi connectivity index (χ4n) is 2.66. The molecule has 0 aliphatic rings. The van der Waals surface area contributed by atoms with Crippen LogP contribution in [0.5, 0.6) is 0 Å². The van der Waals surface area contributed by atoms with Crippen LogP contribution < -0.4 is 0 Å². The summed E-state index contributed by atoms with van der Waals surface area (Å²) in [7, 11) is 0.568. The van der Waals surface area contributed by atoms with Gasteiger partial charge in [-0.3, -0.25) is 4.98 Å². The van der Waals surface area contributed by atoms with E-state index >= 15 is 0 Å². The Hall–Kier alpha value is -2.05. The summed E-state index contributed by atoms with van der Waals surface area (Å²) in [5.74, 6) is 0. The molecule has 0 aliphatic carbocycles. The van der Waals surface area contributed by atoms with E-state index in [1.54, 1.807) is 20.4 Å². The van der Waals surface area contributed by atoms with Crippen molar-refractivity contribution in [2.45, 2.75) is 12.7 Å². The smallest absolute Gasteiger partial charge is 0.377 e. The summed E-state index contributed by atoms with van der Waals surface area (Å²) in [4.78, 5) is 4.14. The van der Waals surface area contributed by atoms with Crippen molar-refractivity contribution in [2.24, 2.45) is 0 Å². The van der Waals surface area contributed by atoms with E-state index in [0.717, 1.165) is 21.9 Å². The van der Waals surface area contributed by atoms with Gasteiger partial charge in [0.05, 0.1) is 6.61 Å². The Kier molecular flexibility index (Phi) is 5.37. The van der Waals surface area contributed by atoms with Gasteiger partial charge in [-0.2, -0.15) is 0 Å².